The first-order chi connectivity index (χ1) is 14.2. The summed E-state index contributed by atoms with van der Waals surface area (Å²) in [5, 5.41) is 10.5. The van der Waals surface area contributed by atoms with Gasteiger partial charge >= 0.3 is 0 Å². The van der Waals surface area contributed by atoms with Crippen molar-refractivity contribution in [3.05, 3.63) is 68.5 Å². The summed E-state index contributed by atoms with van der Waals surface area (Å²) in [6.45, 7) is 5.42. The molecule has 2 aromatic heterocycles. The third-order valence-corrected chi connectivity index (χ3v) is 4.75. The zero-order chi connectivity index (χ0) is 22.0. The number of anilines is 1. The normalized spacial score (nSPS) is 10.9. The van der Waals surface area contributed by atoms with Gasteiger partial charge in [0.25, 0.3) is 11.8 Å². The highest BCUT2D eigenvalue weighted by molar-refractivity contribution is 6.32. The number of rotatable bonds is 5. The van der Waals surface area contributed by atoms with Crippen molar-refractivity contribution in [1.29, 1.82) is 0 Å². The summed E-state index contributed by atoms with van der Waals surface area (Å²) in [7, 11) is 0. The molecule has 7 nitrogen and oxygen atoms in total. The number of hydrogen-bond donors (Lipinski definition) is 2. The predicted molar refractivity (Wildman–Crippen MR) is 118 cm³/mol. The molecule has 0 saturated carbocycles. The van der Waals surface area contributed by atoms with Crippen LogP contribution in [0.3, 0.4) is 0 Å². The summed E-state index contributed by atoms with van der Waals surface area (Å²) < 4.78 is 1.25. The van der Waals surface area contributed by atoms with Gasteiger partial charge in [-0.2, -0.15) is 5.10 Å². The number of halogens is 3. The lowest BCUT2D eigenvalue weighted by molar-refractivity contribution is 0.0944. The Hall–Kier alpha value is -2.61. The Bertz CT molecular complexity index is 1130. The maximum atomic E-state index is 13.1. The van der Waals surface area contributed by atoms with Gasteiger partial charge in [0.05, 0.1) is 16.3 Å². The third kappa shape index (κ3) is 4.75. The van der Waals surface area contributed by atoms with E-state index < -0.39 is 5.91 Å². The number of carbonyl (C=O) groups is 2. The van der Waals surface area contributed by atoms with Crippen molar-refractivity contribution in [3.63, 3.8) is 0 Å². The first-order valence-electron chi connectivity index (χ1n) is 8.96. The maximum absolute atomic E-state index is 13.1. The molecule has 1 aromatic carbocycles. The lowest BCUT2D eigenvalue weighted by atomic mass is 10.1. The number of benzene rings is 1. The lowest BCUT2D eigenvalue weighted by Crippen LogP contribution is -2.31. The van der Waals surface area contributed by atoms with Crippen LogP contribution in [0.25, 0.3) is 5.82 Å². The van der Waals surface area contributed by atoms with Crippen LogP contribution in [0.15, 0.2) is 36.5 Å². The van der Waals surface area contributed by atoms with E-state index in [2.05, 4.69) is 20.7 Å². The molecule has 0 bridgehead atoms. The zero-order valence-corrected chi connectivity index (χ0v) is 18.6. The molecule has 0 fully saturated rings. The number of hydrogen-bond acceptors (Lipinski definition) is 4. The molecule has 0 saturated heterocycles. The fourth-order valence-corrected chi connectivity index (χ4v) is 3.47. The van der Waals surface area contributed by atoms with E-state index in [1.165, 1.54) is 23.0 Å². The average molecular weight is 467 g/mol. The standard InChI is InChI=1S/C20H18Cl3N5O2/c1-10(2)25-19(29)13-8-12(21)7-11(3)17(13)26-20(30)15-9-16(23)27-28(15)18-14(22)5-4-6-24-18/h4-10H,1-3H3,(H,25,29)(H,26,30). The summed E-state index contributed by atoms with van der Waals surface area (Å²) in [6, 6.07) is 7.74. The van der Waals surface area contributed by atoms with E-state index in [0.29, 0.717) is 21.3 Å². The number of amides is 2. The van der Waals surface area contributed by atoms with Crippen LogP contribution in [0.2, 0.25) is 15.2 Å². The van der Waals surface area contributed by atoms with Crippen molar-refractivity contribution in [2.75, 3.05) is 5.32 Å². The van der Waals surface area contributed by atoms with Crippen molar-refractivity contribution < 1.29 is 9.59 Å². The first-order valence-corrected chi connectivity index (χ1v) is 10.1. The Morgan fingerprint density at radius 2 is 1.83 bits per heavy atom. The first kappa shape index (κ1) is 22.1. The predicted octanol–water partition coefficient (Wildman–Crippen LogP) is 4.93. The summed E-state index contributed by atoms with van der Waals surface area (Å²) in [5.74, 6) is -0.646. The van der Waals surface area contributed by atoms with Crippen LogP contribution in [0.5, 0.6) is 0 Å². The fraction of sp³-hybridized carbons (Fsp3) is 0.200. The van der Waals surface area contributed by atoms with Crippen molar-refractivity contribution in [3.8, 4) is 5.82 Å². The van der Waals surface area contributed by atoms with Gasteiger partial charge in [-0.1, -0.05) is 34.8 Å². The van der Waals surface area contributed by atoms with Gasteiger partial charge in [-0.05, 0) is 50.6 Å². The molecule has 156 valence electrons. The number of aryl methyl sites for hydroxylation is 1. The Morgan fingerprint density at radius 1 is 1.10 bits per heavy atom. The van der Waals surface area contributed by atoms with E-state index >= 15 is 0 Å². The molecule has 0 spiro atoms. The molecule has 2 N–H and O–H groups in total. The molecule has 0 aliphatic rings. The Balaban J connectivity index is 2.02. The van der Waals surface area contributed by atoms with E-state index in [-0.39, 0.29) is 34.2 Å². The summed E-state index contributed by atoms with van der Waals surface area (Å²) >= 11 is 18.4. The van der Waals surface area contributed by atoms with Gasteiger partial charge in [0, 0.05) is 23.3 Å². The highest BCUT2D eigenvalue weighted by Crippen LogP contribution is 2.27. The summed E-state index contributed by atoms with van der Waals surface area (Å²) in [5.41, 5.74) is 1.30. The molecule has 0 aliphatic carbocycles. The Morgan fingerprint density at radius 3 is 2.50 bits per heavy atom. The Kier molecular flexibility index (Phi) is 6.65. The van der Waals surface area contributed by atoms with E-state index in [4.69, 9.17) is 34.8 Å². The van der Waals surface area contributed by atoms with Gasteiger partial charge in [0.2, 0.25) is 0 Å². The Labute approximate surface area is 188 Å². The summed E-state index contributed by atoms with van der Waals surface area (Å²) in [4.78, 5) is 29.9. The second-order valence-electron chi connectivity index (χ2n) is 6.80. The quantitative estimate of drug-likeness (QED) is 0.558. The van der Waals surface area contributed by atoms with Crippen LogP contribution >= 0.6 is 34.8 Å². The van der Waals surface area contributed by atoms with Gasteiger partial charge in [-0.25, -0.2) is 9.67 Å². The third-order valence-electron chi connectivity index (χ3n) is 4.06. The number of carbonyl (C=O) groups excluding carboxylic acids is 2. The second kappa shape index (κ2) is 9.04. The number of pyridine rings is 1. The van der Waals surface area contributed by atoms with Crippen molar-refractivity contribution in [2.24, 2.45) is 0 Å². The van der Waals surface area contributed by atoms with Crippen LogP contribution in [-0.2, 0) is 0 Å². The van der Waals surface area contributed by atoms with Gasteiger partial charge in [0.1, 0.15) is 5.69 Å². The van der Waals surface area contributed by atoms with Gasteiger partial charge in [0.15, 0.2) is 11.0 Å². The van der Waals surface area contributed by atoms with Gasteiger partial charge in [-0.15, -0.1) is 0 Å². The molecular formula is C20H18Cl3N5O2. The zero-order valence-electron chi connectivity index (χ0n) is 16.3. The molecule has 0 radical (unpaired) electrons. The molecule has 30 heavy (non-hydrogen) atoms. The van der Waals surface area contributed by atoms with Crippen LogP contribution in [0, 0.1) is 6.92 Å². The molecular weight excluding hydrogens is 449 g/mol. The van der Waals surface area contributed by atoms with Gasteiger partial charge < -0.3 is 10.6 Å². The molecule has 3 aromatic rings. The highest BCUT2D eigenvalue weighted by atomic mass is 35.5. The van der Waals surface area contributed by atoms with E-state index in [9.17, 15) is 9.59 Å². The lowest BCUT2D eigenvalue weighted by Gasteiger charge is -2.16. The van der Waals surface area contributed by atoms with Crippen LogP contribution < -0.4 is 10.6 Å². The van der Waals surface area contributed by atoms with E-state index in [1.54, 1.807) is 25.1 Å². The monoisotopic (exact) mass is 465 g/mol. The van der Waals surface area contributed by atoms with Crippen LogP contribution in [-0.4, -0.2) is 32.6 Å². The van der Waals surface area contributed by atoms with Gasteiger partial charge in [-0.3, -0.25) is 9.59 Å². The van der Waals surface area contributed by atoms with E-state index in [0.717, 1.165) is 0 Å². The fourth-order valence-electron chi connectivity index (χ4n) is 2.81. The van der Waals surface area contributed by atoms with Crippen molar-refractivity contribution in [1.82, 2.24) is 20.1 Å². The topological polar surface area (TPSA) is 88.9 Å². The van der Waals surface area contributed by atoms with E-state index in [1.807, 2.05) is 13.8 Å². The maximum Gasteiger partial charge on any atom is 0.274 e. The minimum absolute atomic E-state index is 0.0903. The number of aromatic nitrogens is 3. The minimum Gasteiger partial charge on any atom is -0.350 e. The molecule has 0 unspecified atom stereocenters. The molecule has 2 heterocycles. The molecule has 2 amide bonds. The minimum atomic E-state index is -0.542. The highest BCUT2D eigenvalue weighted by Gasteiger charge is 2.22. The SMILES string of the molecule is Cc1cc(Cl)cc(C(=O)NC(C)C)c1NC(=O)c1cc(Cl)nn1-c1ncccc1Cl. The van der Waals surface area contributed by atoms with Crippen molar-refractivity contribution in [2.45, 2.75) is 26.8 Å². The van der Waals surface area contributed by atoms with Crippen LogP contribution in [0.4, 0.5) is 5.69 Å². The largest absolute Gasteiger partial charge is 0.350 e. The van der Waals surface area contributed by atoms with Crippen LogP contribution in [0.1, 0.15) is 40.3 Å². The molecule has 3 rings (SSSR count). The van der Waals surface area contributed by atoms with Crippen molar-refractivity contribution >= 4 is 52.3 Å². The second-order valence-corrected chi connectivity index (χ2v) is 8.03. The summed E-state index contributed by atoms with van der Waals surface area (Å²) in [6.07, 6.45) is 1.52. The molecule has 0 aliphatic heterocycles. The average Bonchev–Trinajstić information content (AvgIpc) is 3.05. The molecule has 10 heteroatoms. The molecule has 0 atom stereocenters. The number of nitrogens with zero attached hydrogens (tertiary/aromatic N) is 3. The smallest absolute Gasteiger partial charge is 0.274 e. The number of nitrogens with one attached hydrogen (secondary N) is 2.